The van der Waals surface area contributed by atoms with Gasteiger partial charge in [-0.1, -0.05) is 32.1 Å². The van der Waals surface area contributed by atoms with Gasteiger partial charge in [-0.05, 0) is 61.5 Å². The topological polar surface area (TPSA) is 65.1 Å². The number of amides is 2. The lowest BCUT2D eigenvalue weighted by Crippen LogP contribution is -2.60. The van der Waals surface area contributed by atoms with Crippen LogP contribution in [-0.4, -0.2) is 42.8 Å². The minimum Gasteiger partial charge on any atom is -0.439 e. The smallest absolute Gasteiger partial charge is 0.417 e. The maximum absolute atomic E-state index is 13.8. The lowest BCUT2D eigenvalue weighted by Gasteiger charge is -2.62. The zero-order valence-electron chi connectivity index (χ0n) is 19.6. The van der Waals surface area contributed by atoms with Crippen molar-refractivity contribution in [2.24, 2.45) is 22.7 Å². The van der Waals surface area contributed by atoms with Gasteiger partial charge in [0.25, 0.3) is 5.91 Å². The van der Waals surface area contributed by atoms with Crippen LogP contribution in [-0.2, 0) is 19.0 Å². The summed E-state index contributed by atoms with van der Waals surface area (Å²) in [5, 5.41) is 0. The molecule has 6 nitrogen and oxygen atoms in total. The molecule has 0 bridgehead atoms. The van der Waals surface area contributed by atoms with Crippen molar-refractivity contribution in [2.45, 2.75) is 58.3 Å². The Morgan fingerprint density at radius 3 is 2.65 bits per heavy atom. The summed E-state index contributed by atoms with van der Waals surface area (Å²) in [6.45, 7) is 9.46. The number of allylic oxidation sites excluding steroid dienone is 1. The summed E-state index contributed by atoms with van der Waals surface area (Å²) in [6.07, 6.45) is 2.85. The lowest BCUT2D eigenvalue weighted by molar-refractivity contribution is -0.307. The third-order valence-electron chi connectivity index (χ3n) is 8.85. The summed E-state index contributed by atoms with van der Waals surface area (Å²) in [5.74, 6) is -1.64. The van der Waals surface area contributed by atoms with Gasteiger partial charge in [0.05, 0.1) is 12.7 Å². The molecule has 2 saturated carbocycles. The Morgan fingerprint density at radius 1 is 1.15 bits per heavy atom. The third-order valence-corrected chi connectivity index (χ3v) is 8.85. The number of hydrogen-bond acceptors (Lipinski definition) is 5. The molecule has 184 valence electrons. The van der Waals surface area contributed by atoms with E-state index in [4.69, 9.17) is 14.2 Å². The van der Waals surface area contributed by atoms with Crippen LogP contribution in [0.1, 0.15) is 57.8 Å². The largest absolute Gasteiger partial charge is 0.439 e. The second kappa shape index (κ2) is 8.41. The summed E-state index contributed by atoms with van der Waals surface area (Å²) >= 11 is 0. The molecule has 0 radical (unpaired) electrons. The van der Waals surface area contributed by atoms with E-state index in [0.717, 1.165) is 43.4 Å². The molecule has 2 aliphatic carbocycles. The first kappa shape index (κ1) is 23.4. The fourth-order valence-electron chi connectivity index (χ4n) is 7.05. The number of benzene rings is 1. The van der Waals surface area contributed by atoms with Crippen LogP contribution < -0.4 is 0 Å². The predicted molar refractivity (Wildman–Crippen MR) is 118 cm³/mol. The van der Waals surface area contributed by atoms with Crippen molar-refractivity contribution in [1.82, 2.24) is 4.90 Å². The molecule has 2 amide bonds. The molecular formula is C26H31F2NO5. The molecule has 1 aromatic carbocycles. The molecule has 8 heteroatoms. The average molecular weight is 476 g/mol. The minimum absolute atomic E-state index is 0.0698. The summed E-state index contributed by atoms with van der Waals surface area (Å²) in [4.78, 5) is 25.1. The number of imide groups is 1. The molecule has 0 aromatic heterocycles. The number of carbonyl (C=O) groups excluding carboxylic acids is 2. The average Bonchev–Trinajstić information content (AvgIpc) is 3.12. The number of rotatable bonds is 4. The van der Waals surface area contributed by atoms with E-state index < -0.39 is 24.0 Å². The Labute approximate surface area is 198 Å². The van der Waals surface area contributed by atoms with Gasteiger partial charge in [-0.15, -0.1) is 0 Å². The second-order valence-electron chi connectivity index (χ2n) is 10.7. The Balaban J connectivity index is 1.34. The number of hydrogen-bond donors (Lipinski definition) is 0. The molecule has 1 unspecified atom stereocenters. The quantitative estimate of drug-likeness (QED) is 0.565. The van der Waals surface area contributed by atoms with Gasteiger partial charge >= 0.3 is 6.09 Å². The molecule has 2 heterocycles. The van der Waals surface area contributed by atoms with Gasteiger partial charge < -0.3 is 14.2 Å². The summed E-state index contributed by atoms with van der Waals surface area (Å²) in [7, 11) is 0. The standard InChI is InChI=1S/C26H31F2NO5/c1-15-4-7-20-25(2,17(15)9-11-29-22(30)13-32-24(29)31)10-8-21-26(20,3)14-33-23(34-21)16-5-6-18(27)19(28)12-16/h5-6,12,17,20-21,23H,1,4,7-11,13-14H2,2-3H3/t17-,20?,21-,23-,25+,26+/m1/s1. The number of ether oxygens (including phenoxy) is 3. The number of nitrogens with zero attached hydrogens (tertiary/aromatic N) is 1. The van der Waals surface area contributed by atoms with Crippen LogP contribution in [0.25, 0.3) is 0 Å². The Morgan fingerprint density at radius 2 is 1.94 bits per heavy atom. The maximum atomic E-state index is 13.8. The van der Waals surface area contributed by atoms with Crippen LogP contribution in [0.5, 0.6) is 0 Å². The van der Waals surface area contributed by atoms with E-state index >= 15 is 0 Å². The molecule has 6 atom stereocenters. The molecule has 4 aliphatic rings. The van der Waals surface area contributed by atoms with Gasteiger partial charge in [-0.2, -0.15) is 0 Å². The fraction of sp³-hybridized carbons (Fsp3) is 0.615. The number of fused-ring (bicyclic) bond motifs is 3. The Bertz CT molecular complexity index is 1010. The van der Waals surface area contributed by atoms with Gasteiger partial charge in [0.15, 0.2) is 24.5 Å². The number of cyclic esters (lactones) is 1. The van der Waals surface area contributed by atoms with E-state index in [9.17, 15) is 18.4 Å². The van der Waals surface area contributed by atoms with Gasteiger partial charge in [0.1, 0.15) is 0 Å². The highest BCUT2D eigenvalue weighted by atomic mass is 19.2. The van der Waals surface area contributed by atoms with Crippen LogP contribution in [0.4, 0.5) is 13.6 Å². The van der Waals surface area contributed by atoms with Crippen molar-refractivity contribution in [3.63, 3.8) is 0 Å². The van der Waals surface area contributed by atoms with Crippen molar-refractivity contribution in [1.29, 1.82) is 0 Å². The zero-order valence-corrected chi connectivity index (χ0v) is 19.6. The van der Waals surface area contributed by atoms with E-state index in [1.54, 1.807) is 0 Å². The predicted octanol–water partition coefficient (Wildman–Crippen LogP) is 5.14. The van der Waals surface area contributed by atoms with Gasteiger partial charge in [0, 0.05) is 17.5 Å². The van der Waals surface area contributed by atoms with Crippen LogP contribution in [0.2, 0.25) is 0 Å². The monoisotopic (exact) mass is 475 g/mol. The normalized spacial score (nSPS) is 37.9. The minimum atomic E-state index is -0.914. The van der Waals surface area contributed by atoms with Crippen LogP contribution in [0.3, 0.4) is 0 Å². The first-order valence-corrected chi connectivity index (χ1v) is 12.0. The zero-order chi connectivity index (χ0) is 24.3. The molecule has 34 heavy (non-hydrogen) atoms. The van der Waals surface area contributed by atoms with Crippen molar-refractivity contribution >= 4 is 12.0 Å². The summed E-state index contributed by atoms with van der Waals surface area (Å²) in [5.41, 5.74) is 1.32. The molecule has 2 saturated heterocycles. The molecule has 1 aromatic rings. The van der Waals surface area contributed by atoms with Crippen LogP contribution >= 0.6 is 0 Å². The lowest BCUT2D eigenvalue weighted by atomic mass is 9.46. The highest BCUT2D eigenvalue weighted by Crippen LogP contribution is 2.63. The molecule has 0 spiro atoms. The van der Waals surface area contributed by atoms with Crippen LogP contribution in [0, 0.1) is 34.3 Å². The third kappa shape index (κ3) is 3.66. The van der Waals surface area contributed by atoms with Crippen molar-refractivity contribution < 1.29 is 32.6 Å². The van der Waals surface area contributed by atoms with E-state index in [-0.39, 0.29) is 35.4 Å². The van der Waals surface area contributed by atoms with Crippen molar-refractivity contribution in [2.75, 3.05) is 19.8 Å². The number of carbonyl (C=O) groups is 2. The van der Waals surface area contributed by atoms with Crippen molar-refractivity contribution in [3.8, 4) is 0 Å². The SMILES string of the molecule is C=C1CCC2[C@]3(C)CO[C@@H](c4ccc(F)c(F)c4)O[C@@H]3CC[C@@]2(C)[C@@H]1CCN1C(=O)COC1=O. The van der Waals surface area contributed by atoms with Gasteiger partial charge in [-0.25, -0.2) is 18.5 Å². The summed E-state index contributed by atoms with van der Waals surface area (Å²) < 4.78 is 44.5. The number of halogens is 2. The van der Waals surface area contributed by atoms with E-state index in [1.165, 1.54) is 11.0 Å². The highest BCUT2D eigenvalue weighted by Gasteiger charge is 2.60. The molecule has 0 N–H and O–H groups in total. The summed E-state index contributed by atoms with van der Waals surface area (Å²) in [6, 6.07) is 3.74. The van der Waals surface area contributed by atoms with E-state index in [2.05, 4.69) is 20.4 Å². The molecule has 5 rings (SSSR count). The fourth-order valence-corrected chi connectivity index (χ4v) is 7.05. The van der Waals surface area contributed by atoms with Crippen LogP contribution in [0.15, 0.2) is 30.4 Å². The van der Waals surface area contributed by atoms with E-state index in [1.807, 2.05) is 0 Å². The van der Waals surface area contributed by atoms with Crippen molar-refractivity contribution in [3.05, 3.63) is 47.5 Å². The van der Waals surface area contributed by atoms with Gasteiger partial charge in [-0.3, -0.25) is 4.79 Å². The van der Waals surface area contributed by atoms with E-state index in [0.29, 0.717) is 31.1 Å². The molecular weight excluding hydrogens is 444 g/mol. The Hall–Kier alpha value is -2.32. The van der Waals surface area contributed by atoms with Gasteiger partial charge in [0.2, 0.25) is 0 Å². The molecule has 2 aliphatic heterocycles. The first-order valence-electron chi connectivity index (χ1n) is 12.0. The highest BCUT2D eigenvalue weighted by molar-refractivity contribution is 5.97. The first-order chi connectivity index (χ1) is 16.1. The second-order valence-corrected chi connectivity index (χ2v) is 10.7. The molecule has 4 fully saturated rings. The maximum Gasteiger partial charge on any atom is 0.417 e. The Kier molecular flexibility index (Phi) is 5.80.